The van der Waals surface area contributed by atoms with Gasteiger partial charge in [0, 0.05) is 5.41 Å². The third kappa shape index (κ3) is 5.43. The quantitative estimate of drug-likeness (QED) is 0.441. The van der Waals surface area contributed by atoms with E-state index in [-0.39, 0.29) is 5.41 Å². The molecule has 0 unspecified atom stereocenters. The first kappa shape index (κ1) is 17.5. The van der Waals surface area contributed by atoms with Crippen molar-refractivity contribution in [1.29, 1.82) is 5.41 Å². The Labute approximate surface area is 125 Å². The molecule has 0 amide bonds. The highest BCUT2D eigenvalue weighted by atomic mass is 15.1. The van der Waals surface area contributed by atoms with Crippen LogP contribution in [0.5, 0.6) is 0 Å². The van der Waals surface area contributed by atoms with Crippen molar-refractivity contribution in [1.82, 2.24) is 4.90 Å². The molecule has 0 aromatic heterocycles. The summed E-state index contributed by atoms with van der Waals surface area (Å²) in [5.41, 5.74) is 5.97. The van der Waals surface area contributed by atoms with Gasteiger partial charge in [-0.05, 0) is 56.7 Å². The predicted molar refractivity (Wildman–Crippen MR) is 88.2 cm³/mol. The molecule has 3 heteroatoms. The van der Waals surface area contributed by atoms with Crippen molar-refractivity contribution in [2.45, 2.75) is 66.7 Å². The van der Waals surface area contributed by atoms with Crippen LogP contribution in [0.2, 0.25) is 0 Å². The minimum Gasteiger partial charge on any atom is -0.387 e. The van der Waals surface area contributed by atoms with Crippen molar-refractivity contribution in [3.63, 3.8) is 0 Å². The van der Waals surface area contributed by atoms with Crippen LogP contribution in [0.25, 0.3) is 0 Å². The molecule has 118 valence electrons. The maximum Gasteiger partial charge on any atom is 0.0963 e. The van der Waals surface area contributed by atoms with Gasteiger partial charge >= 0.3 is 0 Å². The number of amidine groups is 1. The SMILES string of the molecule is CC(C)(CCCCN1CCC(C(C)(C)C)CC1)C(=N)N. The average Bonchev–Trinajstić information content (AvgIpc) is 2.34. The van der Waals surface area contributed by atoms with E-state index < -0.39 is 0 Å². The van der Waals surface area contributed by atoms with Gasteiger partial charge in [0.2, 0.25) is 0 Å². The molecule has 0 aromatic rings. The van der Waals surface area contributed by atoms with Crippen molar-refractivity contribution in [3.8, 4) is 0 Å². The lowest BCUT2D eigenvalue weighted by Gasteiger charge is -2.38. The number of nitrogens with zero attached hydrogens (tertiary/aromatic N) is 1. The fourth-order valence-electron chi connectivity index (χ4n) is 3.06. The van der Waals surface area contributed by atoms with Crippen LogP contribution in [-0.4, -0.2) is 30.4 Å². The molecule has 1 heterocycles. The standard InChI is InChI=1S/C17H35N3/c1-16(2,3)14-8-12-20(13-9-14)11-7-6-10-17(4,5)15(18)19/h14H,6-13H2,1-5H3,(H3,18,19). The summed E-state index contributed by atoms with van der Waals surface area (Å²) in [5, 5.41) is 7.58. The van der Waals surface area contributed by atoms with Gasteiger partial charge in [0.25, 0.3) is 0 Å². The van der Waals surface area contributed by atoms with Crippen LogP contribution in [-0.2, 0) is 0 Å². The Hall–Kier alpha value is -0.570. The van der Waals surface area contributed by atoms with E-state index in [0.29, 0.717) is 11.3 Å². The molecule has 1 saturated heterocycles. The van der Waals surface area contributed by atoms with Crippen LogP contribution in [0.3, 0.4) is 0 Å². The van der Waals surface area contributed by atoms with E-state index in [9.17, 15) is 0 Å². The first-order valence-electron chi connectivity index (χ1n) is 8.20. The Morgan fingerprint density at radius 2 is 1.65 bits per heavy atom. The summed E-state index contributed by atoms with van der Waals surface area (Å²) < 4.78 is 0. The topological polar surface area (TPSA) is 53.1 Å². The van der Waals surface area contributed by atoms with E-state index in [2.05, 4.69) is 39.5 Å². The maximum absolute atomic E-state index is 7.58. The van der Waals surface area contributed by atoms with Crippen molar-refractivity contribution in [3.05, 3.63) is 0 Å². The molecule has 1 aliphatic rings. The highest BCUT2D eigenvalue weighted by Gasteiger charge is 2.28. The monoisotopic (exact) mass is 281 g/mol. The zero-order valence-corrected chi connectivity index (χ0v) is 14.3. The van der Waals surface area contributed by atoms with Crippen molar-refractivity contribution >= 4 is 5.84 Å². The summed E-state index contributed by atoms with van der Waals surface area (Å²) in [6, 6.07) is 0. The van der Waals surface area contributed by atoms with Crippen LogP contribution in [0.15, 0.2) is 0 Å². The van der Waals surface area contributed by atoms with Crippen LogP contribution in [0.1, 0.15) is 66.7 Å². The number of unbranched alkanes of at least 4 members (excludes halogenated alkanes) is 1. The molecular formula is C17H35N3. The predicted octanol–water partition coefficient (Wildman–Crippen LogP) is 3.88. The molecule has 1 fully saturated rings. The van der Waals surface area contributed by atoms with Crippen molar-refractivity contribution < 1.29 is 0 Å². The molecule has 1 aliphatic heterocycles. The number of rotatable bonds is 6. The van der Waals surface area contributed by atoms with E-state index in [0.717, 1.165) is 12.3 Å². The molecule has 3 N–H and O–H groups in total. The summed E-state index contributed by atoms with van der Waals surface area (Å²) in [5.74, 6) is 1.21. The molecule has 0 bridgehead atoms. The average molecular weight is 281 g/mol. The van der Waals surface area contributed by atoms with Gasteiger partial charge in [0.1, 0.15) is 0 Å². The lowest BCUT2D eigenvalue weighted by molar-refractivity contribution is 0.111. The molecule has 0 spiro atoms. The van der Waals surface area contributed by atoms with Gasteiger partial charge in [0.05, 0.1) is 5.84 Å². The number of nitrogens with one attached hydrogen (secondary N) is 1. The molecule has 20 heavy (non-hydrogen) atoms. The Morgan fingerprint density at radius 3 is 2.10 bits per heavy atom. The fourth-order valence-corrected chi connectivity index (χ4v) is 3.06. The zero-order chi connectivity index (χ0) is 15.4. The summed E-state index contributed by atoms with van der Waals surface area (Å²) in [6.45, 7) is 15.0. The van der Waals surface area contributed by atoms with Crippen molar-refractivity contribution in [2.75, 3.05) is 19.6 Å². The second-order valence-corrected chi connectivity index (χ2v) is 8.24. The highest BCUT2D eigenvalue weighted by molar-refractivity contribution is 5.82. The van der Waals surface area contributed by atoms with Crippen LogP contribution in [0, 0.1) is 22.2 Å². The van der Waals surface area contributed by atoms with Crippen LogP contribution < -0.4 is 5.73 Å². The third-order valence-electron chi connectivity index (χ3n) is 5.07. The van der Waals surface area contributed by atoms with E-state index in [1.807, 2.05) is 0 Å². The second kappa shape index (κ2) is 6.93. The van der Waals surface area contributed by atoms with Gasteiger partial charge in [-0.15, -0.1) is 0 Å². The van der Waals surface area contributed by atoms with Gasteiger partial charge in [-0.25, -0.2) is 0 Å². The second-order valence-electron chi connectivity index (χ2n) is 8.24. The Kier molecular flexibility index (Phi) is 6.06. The molecule has 3 nitrogen and oxygen atoms in total. The number of hydrogen-bond donors (Lipinski definition) is 2. The van der Waals surface area contributed by atoms with Gasteiger partial charge in [-0.1, -0.05) is 41.0 Å². The first-order chi connectivity index (χ1) is 9.13. The minimum atomic E-state index is -0.126. The largest absolute Gasteiger partial charge is 0.387 e. The molecule has 0 atom stereocenters. The Balaban J connectivity index is 2.18. The third-order valence-corrected chi connectivity index (χ3v) is 5.07. The first-order valence-corrected chi connectivity index (χ1v) is 8.20. The maximum atomic E-state index is 7.58. The minimum absolute atomic E-state index is 0.126. The lowest BCUT2D eigenvalue weighted by atomic mass is 9.75. The Morgan fingerprint density at radius 1 is 1.10 bits per heavy atom. The zero-order valence-electron chi connectivity index (χ0n) is 14.3. The van der Waals surface area contributed by atoms with E-state index >= 15 is 0 Å². The van der Waals surface area contributed by atoms with E-state index in [4.69, 9.17) is 11.1 Å². The van der Waals surface area contributed by atoms with E-state index in [1.165, 1.54) is 45.3 Å². The van der Waals surface area contributed by atoms with Gasteiger partial charge in [0.15, 0.2) is 0 Å². The molecule has 0 aliphatic carbocycles. The Bertz CT molecular complexity index is 307. The number of piperidine rings is 1. The summed E-state index contributed by atoms with van der Waals surface area (Å²) in [4.78, 5) is 2.61. The molecule has 0 aromatic carbocycles. The smallest absolute Gasteiger partial charge is 0.0963 e. The highest BCUT2D eigenvalue weighted by Crippen LogP contribution is 2.34. The van der Waals surface area contributed by atoms with Crippen LogP contribution in [0.4, 0.5) is 0 Å². The molecule has 0 radical (unpaired) electrons. The van der Waals surface area contributed by atoms with Crippen LogP contribution >= 0.6 is 0 Å². The summed E-state index contributed by atoms with van der Waals surface area (Å²) >= 11 is 0. The van der Waals surface area contributed by atoms with Gasteiger partial charge in [-0.2, -0.15) is 0 Å². The molecule has 0 saturated carbocycles. The van der Waals surface area contributed by atoms with E-state index in [1.54, 1.807) is 0 Å². The van der Waals surface area contributed by atoms with Gasteiger partial charge in [-0.3, -0.25) is 5.41 Å². The normalized spacial score (nSPS) is 19.2. The molecule has 1 rings (SSSR count). The van der Waals surface area contributed by atoms with Crippen molar-refractivity contribution in [2.24, 2.45) is 22.5 Å². The number of likely N-dealkylation sites (tertiary alicyclic amines) is 1. The summed E-state index contributed by atoms with van der Waals surface area (Å²) in [7, 11) is 0. The molecular weight excluding hydrogens is 246 g/mol. The van der Waals surface area contributed by atoms with Gasteiger partial charge < -0.3 is 10.6 Å². The lowest BCUT2D eigenvalue weighted by Crippen LogP contribution is -2.38. The number of nitrogens with two attached hydrogens (primary N) is 1. The summed E-state index contributed by atoms with van der Waals surface area (Å²) in [6.07, 6.45) is 6.13. The number of hydrogen-bond acceptors (Lipinski definition) is 2. The fraction of sp³-hybridized carbons (Fsp3) is 0.941.